The Morgan fingerprint density at radius 3 is 1.88 bits per heavy atom. The lowest BCUT2D eigenvalue weighted by Crippen LogP contribution is -2.12. The van der Waals surface area contributed by atoms with Crippen LogP contribution in [0.3, 0.4) is 0 Å². The zero-order valence-electron chi connectivity index (χ0n) is 25.4. The largest absolute Gasteiger partial charge is 0.494 e. The summed E-state index contributed by atoms with van der Waals surface area (Å²) < 4.78 is 31.0. The molecule has 0 saturated heterocycles. The molecule has 0 unspecified atom stereocenters. The van der Waals surface area contributed by atoms with Crippen LogP contribution in [0.2, 0.25) is 0 Å². The molecule has 1 aromatic heterocycles. The number of benzene rings is 2. The fourth-order valence-electron chi connectivity index (χ4n) is 4.80. The number of thiophene rings is 1. The molecular weight excluding hydrogens is 547 g/mol. The van der Waals surface area contributed by atoms with E-state index in [1.165, 1.54) is 44.9 Å². The van der Waals surface area contributed by atoms with Crippen LogP contribution in [0.15, 0.2) is 66.0 Å². The van der Waals surface area contributed by atoms with Gasteiger partial charge in [-0.05, 0) is 66.1 Å². The third-order valence-corrected chi connectivity index (χ3v) is 8.19. The summed E-state index contributed by atoms with van der Waals surface area (Å²) in [6.07, 6.45) is 13.6. The van der Waals surface area contributed by atoms with Crippen molar-refractivity contribution in [3.05, 3.63) is 70.9 Å². The maximum atomic E-state index is 14.0. The molecule has 42 heavy (non-hydrogen) atoms. The zero-order valence-corrected chi connectivity index (χ0v) is 26.2. The van der Waals surface area contributed by atoms with Gasteiger partial charge in [-0.15, -0.1) is 11.3 Å². The number of hydrogen-bond donors (Lipinski definition) is 0. The minimum atomic E-state index is -0.906. The number of carbonyl (C=O) groups excluding carboxylic acids is 1. The molecule has 0 amide bonds. The first-order valence-corrected chi connectivity index (χ1v) is 16.8. The standard InChI is InChI=1S/C36H49FO4S/c1-2-3-4-11-15-32(37)29-41-34-23-19-31(20-24-34)30-17-21-33(22-18-30)39-25-12-9-7-5-6-8-10-13-26-40-36(38)28-35-16-14-27-42-35/h14,16-24,27,32H,2-13,15,25-26,28-29H2,1H3/t32-/m1/s1. The van der Waals surface area contributed by atoms with Crippen LogP contribution in [-0.2, 0) is 16.0 Å². The minimum absolute atomic E-state index is 0.120. The van der Waals surface area contributed by atoms with Gasteiger partial charge in [0.2, 0.25) is 0 Å². The van der Waals surface area contributed by atoms with Gasteiger partial charge < -0.3 is 14.2 Å². The van der Waals surface area contributed by atoms with Crippen LogP contribution in [0.25, 0.3) is 11.1 Å². The van der Waals surface area contributed by atoms with E-state index in [4.69, 9.17) is 14.2 Å². The Kier molecular flexibility index (Phi) is 16.8. The quantitative estimate of drug-likeness (QED) is 0.0807. The number of rotatable bonds is 23. The third-order valence-electron chi connectivity index (χ3n) is 7.31. The van der Waals surface area contributed by atoms with E-state index in [9.17, 15) is 9.18 Å². The van der Waals surface area contributed by atoms with E-state index in [-0.39, 0.29) is 12.6 Å². The van der Waals surface area contributed by atoms with Gasteiger partial charge in [0.05, 0.1) is 19.6 Å². The van der Waals surface area contributed by atoms with E-state index in [2.05, 4.69) is 19.1 Å². The second-order valence-electron chi connectivity index (χ2n) is 11.0. The smallest absolute Gasteiger partial charge is 0.311 e. The average molecular weight is 597 g/mol. The summed E-state index contributed by atoms with van der Waals surface area (Å²) in [4.78, 5) is 12.8. The lowest BCUT2D eigenvalue weighted by Gasteiger charge is -2.11. The van der Waals surface area contributed by atoms with Gasteiger partial charge in [-0.2, -0.15) is 0 Å². The highest BCUT2D eigenvalue weighted by Crippen LogP contribution is 2.25. The molecule has 0 N–H and O–H groups in total. The normalized spacial score (nSPS) is 11.8. The van der Waals surface area contributed by atoms with Crippen molar-refractivity contribution in [1.29, 1.82) is 0 Å². The lowest BCUT2D eigenvalue weighted by atomic mass is 10.1. The number of hydrogen-bond acceptors (Lipinski definition) is 5. The maximum absolute atomic E-state index is 14.0. The number of carbonyl (C=O) groups is 1. The van der Waals surface area contributed by atoms with Crippen molar-refractivity contribution < 1.29 is 23.4 Å². The fourth-order valence-corrected chi connectivity index (χ4v) is 5.49. The molecular formula is C36H49FO4S. The third kappa shape index (κ3) is 14.4. The van der Waals surface area contributed by atoms with Gasteiger partial charge in [0, 0.05) is 4.88 Å². The van der Waals surface area contributed by atoms with E-state index in [1.807, 2.05) is 53.9 Å². The Bertz CT molecular complexity index is 1080. The van der Waals surface area contributed by atoms with Gasteiger partial charge in [0.15, 0.2) is 0 Å². The summed E-state index contributed by atoms with van der Waals surface area (Å²) in [7, 11) is 0. The molecule has 1 atom stereocenters. The van der Waals surface area contributed by atoms with E-state index in [0.29, 0.717) is 25.2 Å². The van der Waals surface area contributed by atoms with Crippen molar-refractivity contribution in [2.24, 2.45) is 0 Å². The van der Waals surface area contributed by atoms with Crippen LogP contribution >= 0.6 is 11.3 Å². The van der Waals surface area contributed by atoms with Crippen LogP contribution in [-0.4, -0.2) is 32.0 Å². The summed E-state index contributed by atoms with van der Waals surface area (Å²) in [5.74, 6) is 1.48. The number of halogens is 1. The molecule has 3 aromatic rings. The molecule has 2 aromatic carbocycles. The molecule has 0 radical (unpaired) electrons. The van der Waals surface area contributed by atoms with Crippen LogP contribution in [0, 0.1) is 0 Å². The van der Waals surface area contributed by atoms with Crippen LogP contribution in [0.4, 0.5) is 4.39 Å². The number of unbranched alkanes of at least 4 members (excludes halogenated alkanes) is 10. The molecule has 0 spiro atoms. The van der Waals surface area contributed by atoms with Gasteiger partial charge >= 0.3 is 5.97 Å². The van der Waals surface area contributed by atoms with Crippen LogP contribution < -0.4 is 9.47 Å². The Labute approximate surface area is 256 Å². The molecule has 0 aliphatic rings. The molecule has 0 aliphatic carbocycles. The summed E-state index contributed by atoms with van der Waals surface area (Å²) in [5.41, 5.74) is 2.21. The molecule has 1 heterocycles. The average Bonchev–Trinajstić information content (AvgIpc) is 3.52. The molecule has 6 heteroatoms. The van der Waals surface area contributed by atoms with Crippen molar-refractivity contribution >= 4 is 17.3 Å². The number of ether oxygens (including phenoxy) is 3. The van der Waals surface area contributed by atoms with Crippen molar-refractivity contribution in [3.63, 3.8) is 0 Å². The van der Waals surface area contributed by atoms with Gasteiger partial charge in [0.1, 0.15) is 24.3 Å². The molecule has 3 rings (SSSR count). The minimum Gasteiger partial charge on any atom is -0.494 e. The second-order valence-corrected chi connectivity index (χ2v) is 12.0. The number of alkyl halides is 1. The fraction of sp³-hybridized carbons (Fsp3) is 0.528. The summed E-state index contributed by atoms with van der Waals surface area (Å²) in [5, 5.41) is 1.98. The zero-order chi connectivity index (χ0) is 29.7. The van der Waals surface area contributed by atoms with Gasteiger partial charge in [0.25, 0.3) is 0 Å². The van der Waals surface area contributed by atoms with Crippen molar-refractivity contribution in [1.82, 2.24) is 0 Å². The Hall–Kier alpha value is -2.86. The van der Waals surface area contributed by atoms with E-state index in [0.717, 1.165) is 60.5 Å². The SMILES string of the molecule is CCCCCC[C@@H](F)COc1ccc(-c2ccc(OCCCCCCCCCCOC(=O)Cc3cccs3)cc2)cc1. The first-order valence-electron chi connectivity index (χ1n) is 15.9. The van der Waals surface area contributed by atoms with E-state index < -0.39 is 6.17 Å². The lowest BCUT2D eigenvalue weighted by molar-refractivity contribution is -0.142. The van der Waals surface area contributed by atoms with Crippen molar-refractivity contribution in [2.75, 3.05) is 19.8 Å². The van der Waals surface area contributed by atoms with Gasteiger partial charge in [-0.25, -0.2) is 4.39 Å². The Morgan fingerprint density at radius 2 is 1.29 bits per heavy atom. The maximum Gasteiger partial charge on any atom is 0.311 e. The highest BCUT2D eigenvalue weighted by atomic mass is 32.1. The summed E-state index contributed by atoms with van der Waals surface area (Å²) >= 11 is 1.59. The first kappa shape index (κ1) is 33.6. The van der Waals surface area contributed by atoms with Gasteiger partial charge in [-0.1, -0.05) is 101 Å². The first-order chi connectivity index (χ1) is 20.6. The summed E-state index contributed by atoms with van der Waals surface area (Å²) in [6, 6.07) is 20.0. The molecule has 0 saturated carbocycles. The van der Waals surface area contributed by atoms with Crippen LogP contribution in [0.5, 0.6) is 11.5 Å². The van der Waals surface area contributed by atoms with E-state index in [1.54, 1.807) is 11.3 Å². The highest BCUT2D eigenvalue weighted by Gasteiger charge is 2.08. The number of esters is 1. The Balaban J connectivity index is 1.17. The van der Waals surface area contributed by atoms with Crippen LogP contribution in [0.1, 0.15) is 95.3 Å². The molecule has 230 valence electrons. The molecule has 0 aliphatic heterocycles. The highest BCUT2D eigenvalue weighted by molar-refractivity contribution is 7.10. The van der Waals surface area contributed by atoms with Crippen molar-refractivity contribution in [3.8, 4) is 22.6 Å². The molecule has 0 bridgehead atoms. The monoisotopic (exact) mass is 596 g/mol. The topological polar surface area (TPSA) is 44.8 Å². The molecule has 0 fully saturated rings. The van der Waals surface area contributed by atoms with Gasteiger partial charge in [-0.3, -0.25) is 4.79 Å². The second kappa shape index (κ2) is 20.9. The van der Waals surface area contributed by atoms with E-state index >= 15 is 0 Å². The summed E-state index contributed by atoms with van der Waals surface area (Å²) in [6.45, 7) is 3.55. The van der Waals surface area contributed by atoms with Crippen molar-refractivity contribution in [2.45, 2.75) is 103 Å². The Morgan fingerprint density at radius 1 is 0.714 bits per heavy atom. The molecule has 4 nitrogen and oxygen atoms in total. The predicted octanol–water partition coefficient (Wildman–Crippen LogP) is 10.4. The predicted molar refractivity (Wildman–Crippen MR) is 172 cm³/mol.